The quantitative estimate of drug-likeness (QED) is 0.850. The first-order valence-electron chi connectivity index (χ1n) is 6.59. The number of phenols is 1. The standard InChI is InChI=1S/C14H19NO4S2/c1-17-11-7-10(8-12(18-2)13(11)16)9-21-14(20)15-3-5-19-6-4-15/h7-8,16H,3-6,9H2,1-2H3. The SMILES string of the molecule is COc1cc(CSC(=S)N2CCOCC2)cc(OC)c1O. The minimum Gasteiger partial charge on any atom is -0.502 e. The fourth-order valence-electron chi connectivity index (χ4n) is 2.01. The highest BCUT2D eigenvalue weighted by Gasteiger charge is 2.15. The van der Waals surface area contributed by atoms with E-state index < -0.39 is 0 Å². The predicted octanol–water partition coefficient (Wildman–Crippen LogP) is 2.26. The van der Waals surface area contributed by atoms with E-state index in [1.54, 1.807) is 23.9 Å². The van der Waals surface area contributed by atoms with Gasteiger partial charge in [0.05, 0.1) is 27.4 Å². The predicted molar refractivity (Wildman–Crippen MR) is 87.5 cm³/mol. The average Bonchev–Trinajstić information content (AvgIpc) is 2.54. The van der Waals surface area contributed by atoms with Crippen LogP contribution in [-0.2, 0) is 10.5 Å². The lowest BCUT2D eigenvalue weighted by Crippen LogP contribution is -2.38. The van der Waals surface area contributed by atoms with Crippen molar-refractivity contribution in [1.29, 1.82) is 0 Å². The van der Waals surface area contributed by atoms with Crippen LogP contribution in [0.15, 0.2) is 12.1 Å². The van der Waals surface area contributed by atoms with E-state index in [1.165, 1.54) is 14.2 Å². The number of hydrogen-bond acceptors (Lipinski definition) is 6. The Labute approximate surface area is 134 Å². The lowest BCUT2D eigenvalue weighted by Gasteiger charge is -2.28. The Morgan fingerprint density at radius 2 is 1.86 bits per heavy atom. The lowest BCUT2D eigenvalue weighted by molar-refractivity contribution is 0.0702. The smallest absolute Gasteiger partial charge is 0.200 e. The third-order valence-electron chi connectivity index (χ3n) is 3.17. The normalized spacial score (nSPS) is 14.9. The number of benzene rings is 1. The number of thioether (sulfide) groups is 1. The number of phenolic OH excluding ortho intramolecular Hbond substituents is 1. The van der Waals surface area contributed by atoms with Gasteiger partial charge in [-0.1, -0.05) is 24.0 Å². The molecule has 7 heteroatoms. The van der Waals surface area contributed by atoms with Crippen LogP contribution in [0.1, 0.15) is 5.56 Å². The van der Waals surface area contributed by atoms with Crippen LogP contribution in [0.2, 0.25) is 0 Å². The maximum atomic E-state index is 9.89. The van der Waals surface area contributed by atoms with Crippen LogP contribution in [-0.4, -0.2) is 54.8 Å². The summed E-state index contributed by atoms with van der Waals surface area (Å²) in [4.78, 5) is 2.15. The third kappa shape index (κ3) is 4.15. The van der Waals surface area contributed by atoms with Crippen molar-refractivity contribution in [3.05, 3.63) is 17.7 Å². The van der Waals surface area contributed by atoms with Crippen molar-refractivity contribution in [3.8, 4) is 17.2 Å². The highest BCUT2D eigenvalue weighted by atomic mass is 32.2. The Balaban J connectivity index is 2.00. The molecule has 1 aromatic rings. The summed E-state index contributed by atoms with van der Waals surface area (Å²) in [6.07, 6.45) is 0. The first-order chi connectivity index (χ1) is 10.2. The van der Waals surface area contributed by atoms with Gasteiger partial charge in [0, 0.05) is 18.8 Å². The summed E-state index contributed by atoms with van der Waals surface area (Å²) in [7, 11) is 3.04. The van der Waals surface area contributed by atoms with Crippen LogP contribution >= 0.6 is 24.0 Å². The van der Waals surface area contributed by atoms with Crippen LogP contribution in [0.5, 0.6) is 17.2 Å². The Kier molecular flexibility index (Phi) is 5.96. The van der Waals surface area contributed by atoms with Crippen molar-refractivity contribution >= 4 is 28.3 Å². The number of thiocarbonyl (C=S) groups is 1. The van der Waals surface area contributed by atoms with Gasteiger partial charge in [-0.2, -0.15) is 0 Å². The van der Waals surface area contributed by atoms with Crippen molar-refractivity contribution in [2.75, 3.05) is 40.5 Å². The van der Waals surface area contributed by atoms with Crippen molar-refractivity contribution in [2.45, 2.75) is 5.75 Å². The van der Waals surface area contributed by atoms with E-state index in [4.69, 9.17) is 26.4 Å². The Hall–Kier alpha value is -1.18. The van der Waals surface area contributed by atoms with Gasteiger partial charge in [0.2, 0.25) is 5.75 Å². The average molecular weight is 329 g/mol. The summed E-state index contributed by atoms with van der Waals surface area (Å²) in [6.45, 7) is 3.13. The molecule has 0 spiro atoms. The molecule has 1 saturated heterocycles. The molecule has 0 saturated carbocycles. The Morgan fingerprint density at radius 1 is 1.29 bits per heavy atom. The minimum absolute atomic E-state index is 0.0181. The number of hydrogen-bond donors (Lipinski definition) is 1. The lowest BCUT2D eigenvalue weighted by atomic mass is 10.2. The summed E-state index contributed by atoms with van der Waals surface area (Å²) in [5, 5.41) is 9.89. The molecular formula is C14H19NO4S2. The van der Waals surface area contributed by atoms with Gasteiger partial charge in [0.15, 0.2) is 11.5 Å². The van der Waals surface area contributed by atoms with Gasteiger partial charge in [-0.3, -0.25) is 0 Å². The molecule has 0 atom stereocenters. The molecule has 21 heavy (non-hydrogen) atoms. The van der Waals surface area contributed by atoms with Gasteiger partial charge in [0.25, 0.3) is 0 Å². The van der Waals surface area contributed by atoms with Crippen LogP contribution < -0.4 is 9.47 Å². The maximum Gasteiger partial charge on any atom is 0.200 e. The van der Waals surface area contributed by atoms with Crippen LogP contribution in [0.25, 0.3) is 0 Å². The van der Waals surface area contributed by atoms with Crippen LogP contribution in [0, 0.1) is 0 Å². The van der Waals surface area contributed by atoms with E-state index in [9.17, 15) is 5.11 Å². The highest BCUT2D eigenvalue weighted by molar-refractivity contribution is 8.22. The van der Waals surface area contributed by atoms with Gasteiger partial charge < -0.3 is 24.2 Å². The molecule has 1 aromatic carbocycles. The number of morpholine rings is 1. The van der Waals surface area contributed by atoms with Crippen molar-refractivity contribution < 1.29 is 19.3 Å². The summed E-state index contributed by atoms with van der Waals surface area (Å²) < 4.78 is 16.5. The first kappa shape index (κ1) is 16.2. The molecule has 116 valence electrons. The first-order valence-corrected chi connectivity index (χ1v) is 7.98. The second-order valence-electron chi connectivity index (χ2n) is 4.50. The van der Waals surface area contributed by atoms with E-state index in [0.717, 1.165) is 36.2 Å². The van der Waals surface area contributed by atoms with Crippen molar-refractivity contribution in [2.24, 2.45) is 0 Å². The number of methoxy groups -OCH3 is 2. The number of aromatic hydroxyl groups is 1. The summed E-state index contributed by atoms with van der Waals surface area (Å²) in [6, 6.07) is 3.60. The molecule has 1 fully saturated rings. The number of ether oxygens (including phenoxy) is 3. The summed E-state index contributed by atoms with van der Waals surface area (Å²) in [5.74, 6) is 1.53. The molecule has 1 heterocycles. The zero-order valence-electron chi connectivity index (χ0n) is 12.1. The molecule has 0 bridgehead atoms. The Bertz CT molecular complexity index is 479. The van der Waals surface area contributed by atoms with E-state index in [-0.39, 0.29) is 5.75 Å². The molecule has 1 aliphatic heterocycles. The fourth-order valence-corrected chi connectivity index (χ4v) is 3.19. The van der Waals surface area contributed by atoms with Crippen molar-refractivity contribution in [3.63, 3.8) is 0 Å². The van der Waals surface area contributed by atoms with E-state index in [1.807, 2.05) is 0 Å². The topological polar surface area (TPSA) is 51.2 Å². The summed E-state index contributed by atoms with van der Waals surface area (Å²) >= 11 is 7.03. The molecule has 0 aromatic heterocycles. The fraction of sp³-hybridized carbons (Fsp3) is 0.500. The third-order valence-corrected chi connectivity index (χ3v) is 4.77. The number of rotatable bonds is 4. The molecule has 0 radical (unpaired) electrons. The van der Waals surface area contributed by atoms with Crippen molar-refractivity contribution in [1.82, 2.24) is 4.90 Å². The molecule has 5 nitrogen and oxygen atoms in total. The molecule has 0 unspecified atom stereocenters. The Morgan fingerprint density at radius 3 is 2.38 bits per heavy atom. The second-order valence-corrected chi connectivity index (χ2v) is 6.11. The molecule has 1 aliphatic rings. The molecule has 0 amide bonds. The van der Waals surface area contributed by atoms with E-state index in [0.29, 0.717) is 17.3 Å². The van der Waals surface area contributed by atoms with E-state index in [2.05, 4.69) is 4.90 Å². The zero-order chi connectivity index (χ0) is 15.2. The van der Waals surface area contributed by atoms with E-state index >= 15 is 0 Å². The van der Waals surface area contributed by atoms with Gasteiger partial charge in [-0.15, -0.1) is 0 Å². The van der Waals surface area contributed by atoms with Gasteiger partial charge in [-0.25, -0.2) is 0 Å². The van der Waals surface area contributed by atoms with Gasteiger partial charge in [-0.05, 0) is 17.7 Å². The molecule has 2 rings (SSSR count). The highest BCUT2D eigenvalue weighted by Crippen LogP contribution is 2.38. The van der Waals surface area contributed by atoms with Gasteiger partial charge >= 0.3 is 0 Å². The summed E-state index contributed by atoms with van der Waals surface area (Å²) in [5.41, 5.74) is 0.988. The van der Waals surface area contributed by atoms with Crippen LogP contribution in [0.4, 0.5) is 0 Å². The molecular weight excluding hydrogens is 310 g/mol. The number of nitrogens with zero attached hydrogens (tertiary/aromatic N) is 1. The molecule has 1 N–H and O–H groups in total. The maximum absolute atomic E-state index is 9.89. The monoisotopic (exact) mass is 329 g/mol. The minimum atomic E-state index is 0.0181. The van der Waals surface area contributed by atoms with Gasteiger partial charge in [0.1, 0.15) is 4.32 Å². The molecule has 0 aliphatic carbocycles. The zero-order valence-corrected chi connectivity index (χ0v) is 13.8. The largest absolute Gasteiger partial charge is 0.502 e. The van der Waals surface area contributed by atoms with Crippen LogP contribution in [0.3, 0.4) is 0 Å². The second kappa shape index (κ2) is 7.72.